The van der Waals surface area contributed by atoms with E-state index >= 15 is 0 Å². The lowest BCUT2D eigenvalue weighted by Crippen LogP contribution is -2.23. The highest BCUT2D eigenvalue weighted by molar-refractivity contribution is 5.89. The third-order valence-electron chi connectivity index (χ3n) is 3.31. The second kappa shape index (κ2) is 6.02. The van der Waals surface area contributed by atoms with Crippen molar-refractivity contribution in [3.63, 3.8) is 0 Å². The van der Waals surface area contributed by atoms with Gasteiger partial charge in [-0.1, -0.05) is 36.4 Å². The Kier molecular flexibility index (Phi) is 4.37. The Morgan fingerprint density at radius 3 is 2.58 bits per heavy atom. The maximum Gasteiger partial charge on any atom is 0.129 e. The molecule has 4 nitrogen and oxygen atoms in total. The number of nitrogens with one attached hydrogen (secondary N) is 1. The number of hydrogen-bond donors (Lipinski definition) is 4. The first kappa shape index (κ1) is 13.8. The molecule has 0 heterocycles. The number of fused-ring (bicyclic) bond motifs is 1. The first-order valence-corrected chi connectivity index (χ1v) is 6.36. The smallest absolute Gasteiger partial charge is 0.129 e. The lowest BCUT2D eigenvalue weighted by atomic mass is 9.97. The number of hydrogen-bond acceptors (Lipinski definition) is 4. The van der Waals surface area contributed by atoms with E-state index in [1.807, 2.05) is 24.3 Å². The summed E-state index contributed by atoms with van der Waals surface area (Å²) >= 11 is 0. The molecule has 0 aliphatic heterocycles. The van der Waals surface area contributed by atoms with Gasteiger partial charge in [0.2, 0.25) is 0 Å². The van der Waals surface area contributed by atoms with Crippen molar-refractivity contribution in [2.45, 2.75) is 18.6 Å². The molecule has 4 heteroatoms. The minimum atomic E-state index is -1.09. The third kappa shape index (κ3) is 2.87. The molecule has 0 aliphatic carbocycles. The van der Waals surface area contributed by atoms with E-state index in [-0.39, 0.29) is 5.75 Å². The van der Waals surface area contributed by atoms with Gasteiger partial charge < -0.3 is 20.6 Å². The molecule has 2 unspecified atom stereocenters. The average Bonchev–Trinajstić information content (AvgIpc) is 2.44. The summed E-state index contributed by atoms with van der Waals surface area (Å²) in [5.41, 5.74) is 0.363. The van der Waals surface area contributed by atoms with Crippen LogP contribution in [-0.4, -0.2) is 35.0 Å². The molecule has 0 aliphatic rings. The first-order chi connectivity index (χ1) is 9.15. The Morgan fingerprint density at radius 1 is 1.11 bits per heavy atom. The van der Waals surface area contributed by atoms with Gasteiger partial charge in [-0.25, -0.2) is 0 Å². The van der Waals surface area contributed by atoms with Gasteiger partial charge in [0.05, 0.1) is 6.10 Å². The van der Waals surface area contributed by atoms with Crippen LogP contribution in [0.2, 0.25) is 0 Å². The van der Waals surface area contributed by atoms with Gasteiger partial charge in [0.15, 0.2) is 0 Å². The molecule has 0 amide bonds. The van der Waals surface area contributed by atoms with Crippen LogP contribution in [0.15, 0.2) is 36.4 Å². The Morgan fingerprint density at radius 2 is 1.84 bits per heavy atom. The van der Waals surface area contributed by atoms with E-state index in [1.54, 1.807) is 19.2 Å². The highest BCUT2D eigenvalue weighted by Gasteiger charge is 2.21. The summed E-state index contributed by atoms with van der Waals surface area (Å²) in [6, 6.07) is 10.9. The predicted molar refractivity (Wildman–Crippen MR) is 75.1 cm³/mol. The number of benzene rings is 2. The molecule has 19 heavy (non-hydrogen) atoms. The lowest BCUT2D eigenvalue weighted by Gasteiger charge is -2.19. The number of aromatic hydroxyl groups is 1. The molecule has 0 saturated heterocycles. The van der Waals surface area contributed by atoms with Crippen LogP contribution in [0.1, 0.15) is 18.1 Å². The molecule has 2 atom stereocenters. The van der Waals surface area contributed by atoms with Crippen LogP contribution in [0.25, 0.3) is 10.8 Å². The van der Waals surface area contributed by atoms with Gasteiger partial charge in [0.1, 0.15) is 11.9 Å². The molecule has 0 bridgehead atoms. The van der Waals surface area contributed by atoms with Crippen LogP contribution < -0.4 is 5.32 Å². The monoisotopic (exact) mass is 261 g/mol. The SMILES string of the molecule is CNCCC(O)C(O)c1ccc2ccccc2c1O. The van der Waals surface area contributed by atoms with Gasteiger partial charge in [-0.2, -0.15) is 0 Å². The van der Waals surface area contributed by atoms with Crippen molar-refractivity contribution in [3.05, 3.63) is 42.0 Å². The Bertz CT molecular complexity index is 556. The Labute approximate surface area is 112 Å². The summed E-state index contributed by atoms with van der Waals surface area (Å²) in [6.07, 6.45) is -1.57. The number of aliphatic hydroxyl groups excluding tert-OH is 2. The molecule has 102 valence electrons. The van der Waals surface area contributed by atoms with Crippen LogP contribution in [-0.2, 0) is 0 Å². The molecule has 0 aromatic heterocycles. The van der Waals surface area contributed by atoms with Crippen molar-refractivity contribution >= 4 is 10.8 Å². The van der Waals surface area contributed by atoms with E-state index in [0.717, 1.165) is 5.39 Å². The van der Waals surface area contributed by atoms with E-state index in [0.29, 0.717) is 23.9 Å². The second-order valence-electron chi connectivity index (χ2n) is 4.63. The van der Waals surface area contributed by atoms with E-state index in [2.05, 4.69) is 5.32 Å². The third-order valence-corrected chi connectivity index (χ3v) is 3.31. The van der Waals surface area contributed by atoms with Crippen molar-refractivity contribution in [3.8, 4) is 5.75 Å². The zero-order chi connectivity index (χ0) is 13.8. The summed E-state index contributed by atoms with van der Waals surface area (Å²) < 4.78 is 0. The van der Waals surface area contributed by atoms with Crippen molar-refractivity contribution in [1.29, 1.82) is 0 Å². The van der Waals surface area contributed by atoms with Crippen molar-refractivity contribution in [1.82, 2.24) is 5.32 Å². The van der Waals surface area contributed by atoms with Crippen molar-refractivity contribution < 1.29 is 15.3 Å². The molecule has 0 saturated carbocycles. The summed E-state index contributed by atoms with van der Waals surface area (Å²) in [5, 5.41) is 34.7. The fourth-order valence-electron chi connectivity index (χ4n) is 2.17. The van der Waals surface area contributed by atoms with E-state index in [1.165, 1.54) is 0 Å². The molecule has 0 spiro atoms. The van der Waals surface area contributed by atoms with E-state index < -0.39 is 12.2 Å². The fourth-order valence-corrected chi connectivity index (χ4v) is 2.17. The first-order valence-electron chi connectivity index (χ1n) is 6.36. The molecular weight excluding hydrogens is 242 g/mol. The number of phenols is 1. The average molecular weight is 261 g/mol. The Balaban J connectivity index is 2.32. The van der Waals surface area contributed by atoms with Crippen LogP contribution in [0.4, 0.5) is 0 Å². The number of phenolic OH excluding ortho intramolecular Hbond substituents is 1. The summed E-state index contributed by atoms with van der Waals surface area (Å²) in [5.74, 6) is 0.0362. The van der Waals surface area contributed by atoms with Gasteiger partial charge in [-0.3, -0.25) is 0 Å². The minimum Gasteiger partial charge on any atom is -0.507 e. The molecule has 0 fully saturated rings. The normalized spacial score (nSPS) is 14.5. The molecule has 4 N–H and O–H groups in total. The molecule has 2 aromatic carbocycles. The van der Waals surface area contributed by atoms with E-state index in [4.69, 9.17) is 0 Å². The molecule has 2 rings (SSSR count). The van der Waals surface area contributed by atoms with Gasteiger partial charge >= 0.3 is 0 Å². The zero-order valence-corrected chi connectivity index (χ0v) is 10.9. The second-order valence-corrected chi connectivity index (χ2v) is 4.63. The summed E-state index contributed by atoms with van der Waals surface area (Å²) in [4.78, 5) is 0. The van der Waals surface area contributed by atoms with Crippen LogP contribution in [0.5, 0.6) is 5.75 Å². The lowest BCUT2D eigenvalue weighted by molar-refractivity contribution is 0.0129. The highest BCUT2D eigenvalue weighted by atomic mass is 16.3. The maximum atomic E-state index is 10.2. The zero-order valence-electron chi connectivity index (χ0n) is 10.9. The number of rotatable bonds is 5. The van der Waals surface area contributed by atoms with Gasteiger partial charge in [0.25, 0.3) is 0 Å². The van der Waals surface area contributed by atoms with Crippen LogP contribution in [0.3, 0.4) is 0 Å². The summed E-state index contributed by atoms with van der Waals surface area (Å²) in [6.45, 7) is 0.604. The predicted octanol–water partition coefficient (Wildman–Crippen LogP) is 1.55. The van der Waals surface area contributed by atoms with Crippen molar-refractivity contribution in [2.75, 3.05) is 13.6 Å². The number of aliphatic hydroxyl groups is 2. The quantitative estimate of drug-likeness (QED) is 0.659. The molecule has 2 aromatic rings. The fraction of sp³-hybridized carbons (Fsp3) is 0.333. The standard InChI is InChI=1S/C15H19NO3/c1-16-9-8-13(17)15(19)12-7-6-10-4-2-3-5-11(10)14(12)18/h2-7,13,15-19H,8-9H2,1H3. The highest BCUT2D eigenvalue weighted by Crippen LogP contribution is 2.34. The Hall–Kier alpha value is -1.62. The van der Waals surface area contributed by atoms with Crippen LogP contribution in [0, 0.1) is 0 Å². The summed E-state index contributed by atoms with van der Waals surface area (Å²) in [7, 11) is 1.78. The molecular formula is C15H19NO3. The van der Waals surface area contributed by atoms with Gasteiger partial charge in [0, 0.05) is 10.9 Å². The van der Waals surface area contributed by atoms with Crippen molar-refractivity contribution in [2.24, 2.45) is 0 Å². The van der Waals surface area contributed by atoms with Gasteiger partial charge in [-0.15, -0.1) is 0 Å². The topological polar surface area (TPSA) is 72.7 Å². The molecule has 0 radical (unpaired) electrons. The minimum absolute atomic E-state index is 0.0362. The van der Waals surface area contributed by atoms with Gasteiger partial charge in [-0.05, 0) is 25.4 Å². The van der Waals surface area contributed by atoms with E-state index in [9.17, 15) is 15.3 Å². The maximum absolute atomic E-state index is 10.2. The largest absolute Gasteiger partial charge is 0.507 e. The van der Waals surface area contributed by atoms with Crippen LogP contribution >= 0.6 is 0 Å².